The summed E-state index contributed by atoms with van der Waals surface area (Å²) >= 11 is 0. The molecule has 2 N–H and O–H groups in total. The topological polar surface area (TPSA) is 33.3 Å². The summed E-state index contributed by atoms with van der Waals surface area (Å²) in [6.07, 6.45) is 2.66. The Labute approximate surface area is 110 Å². The second-order valence-electron chi connectivity index (χ2n) is 5.15. The number of methoxy groups -OCH3 is 1. The Morgan fingerprint density at radius 2 is 2.33 bits per heavy atom. The Balaban J connectivity index is 1.77. The number of rotatable bonds is 5. The summed E-state index contributed by atoms with van der Waals surface area (Å²) in [5.41, 5.74) is 2.54. The lowest BCUT2D eigenvalue weighted by atomic mass is 10.00. The Bertz CT molecular complexity index is 373. The quantitative estimate of drug-likeness (QED) is 0.837. The number of piperidine rings is 1. The van der Waals surface area contributed by atoms with E-state index in [4.69, 9.17) is 4.74 Å². The van der Waals surface area contributed by atoms with Gasteiger partial charge >= 0.3 is 0 Å². The predicted octanol–water partition coefficient (Wildman–Crippen LogP) is 2.09. The van der Waals surface area contributed by atoms with Gasteiger partial charge < -0.3 is 15.4 Å². The van der Waals surface area contributed by atoms with E-state index in [9.17, 15) is 0 Å². The van der Waals surface area contributed by atoms with E-state index in [-0.39, 0.29) is 0 Å². The van der Waals surface area contributed by atoms with Gasteiger partial charge in [0.05, 0.1) is 7.11 Å². The molecule has 0 bridgehead atoms. The van der Waals surface area contributed by atoms with E-state index in [1.54, 1.807) is 7.11 Å². The average Bonchev–Trinajstić information content (AvgIpc) is 2.40. The third kappa shape index (κ3) is 3.72. The fourth-order valence-electron chi connectivity index (χ4n) is 2.57. The molecule has 1 aliphatic heterocycles. The molecule has 1 unspecified atom stereocenters. The molecular formula is C15H24N2O. The van der Waals surface area contributed by atoms with Gasteiger partial charge in [-0.3, -0.25) is 0 Å². The molecule has 0 aliphatic carbocycles. The first kappa shape index (κ1) is 13.4. The summed E-state index contributed by atoms with van der Waals surface area (Å²) in [6, 6.07) is 6.39. The Kier molecular flexibility index (Phi) is 5.02. The number of ether oxygens (including phenoxy) is 1. The van der Waals surface area contributed by atoms with E-state index in [1.165, 1.54) is 30.5 Å². The number of benzene rings is 1. The Morgan fingerprint density at radius 3 is 3.00 bits per heavy atom. The van der Waals surface area contributed by atoms with Gasteiger partial charge in [0, 0.05) is 6.54 Å². The van der Waals surface area contributed by atoms with Gasteiger partial charge in [-0.25, -0.2) is 0 Å². The summed E-state index contributed by atoms with van der Waals surface area (Å²) in [7, 11) is 1.72. The van der Waals surface area contributed by atoms with Crippen LogP contribution < -0.4 is 15.4 Å². The highest BCUT2D eigenvalue weighted by Gasteiger charge is 2.11. The van der Waals surface area contributed by atoms with Crippen LogP contribution in [0, 0.1) is 12.8 Å². The van der Waals surface area contributed by atoms with Crippen molar-refractivity contribution < 1.29 is 4.74 Å². The molecule has 0 saturated carbocycles. The SMILES string of the molecule is COc1ccc(CNCC2CCCNC2)cc1C. The van der Waals surface area contributed by atoms with Crippen LogP contribution in [0.5, 0.6) is 5.75 Å². The molecule has 1 aromatic carbocycles. The highest BCUT2D eigenvalue weighted by molar-refractivity contribution is 5.36. The third-order valence-corrected chi connectivity index (χ3v) is 3.62. The molecule has 1 atom stereocenters. The molecule has 1 heterocycles. The molecule has 0 aromatic heterocycles. The van der Waals surface area contributed by atoms with E-state index in [0.717, 1.165) is 31.3 Å². The van der Waals surface area contributed by atoms with E-state index < -0.39 is 0 Å². The van der Waals surface area contributed by atoms with Crippen molar-refractivity contribution >= 4 is 0 Å². The van der Waals surface area contributed by atoms with Crippen LogP contribution in [0.1, 0.15) is 24.0 Å². The monoisotopic (exact) mass is 248 g/mol. The molecule has 100 valence electrons. The number of hydrogen-bond acceptors (Lipinski definition) is 3. The molecule has 2 rings (SSSR count). The minimum atomic E-state index is 0.790. The smallest absolute Gasteiger partial charge is 0.121 e. The summed E-state index contributed by atoms with van der Waals surface area (Å²) < 4.78 is 5.27. The molecule has 0 spiro atoms. The first-order valence-electron chi connectivity index (χ1n) is 6.84. The van der Waals surface area contributed by atoms with Gasteiger partial charge in [0.15, 0.2) is 0 Å². The van der Waals surface area contributed by atoms with Crippen LogP contribution in [0.15, 0.2) is 18.2 Å². The van der Waals surface area contributed by atoms with Crippen molar-refractivity contribution in [3.63, 3.8) is 0 Å². The molecule has 1 aliphatic rings. The van der Waals surface area contributed by atoms with Crippen LogP contribution in [-0.2, 0) is 6.54 Å². The molecule has 18 heavy (non-hydrogen) atoms. The standard InChI is InChI=1S/C15H24N2O/c1-12-8-13(5-6-15(12)18-2)9-17-11-14-4-3-7-16-10-14/h5-6,8,14,16-17H,3-4,7,9-11H2,1-2H3. The zero-order chi connectivity index (χ0) is 12.8. The third-order valence-electron chi connectivity index (χ3n) is 3.62. The summed E-state index contributed by atoms with van der Waals surface area (Å²) in [4.78, 5) is 0. The maximum Gasteiger partial charge on any atom is 0.121 e. The lowest BCUT2D eigenvalue weighted by Gasteiger charge is -2.23. The van der Waals surface area contributed by atoms with Crippen LogP contribution in [0.4, 0.5) is 0 Å². The largest absolute Gasteiger partial charge is 0.496 e. The van der Waals surface area contributed by atoms with Gasteiger partial charge in [-0.1, -0.05) is 12.1 Å². The van der Waals surface area contributed by atoms with Crippen LogP contribution in [0.2, 0.25) is 0 Å². The highest BCUT2D eigenvalue weighted by atomic mass is 16.5. The first-order chi connectivity index (χ1) is 8.79. The number of hydrogen-bond donors (Lipinski definition) is 2. The fourth-order valence-corrected chi connectivity index (χ4v) is 2.57. The van der Waals surface area contributed by atoms with Crippen molar-refractivity contribution in [2.75, 3.05) is 26.7 Å². The molecule has 1 fully saturated rings. The zero-order valence-electron chi connectivity index (χ0n) is 11.5. The molecule has 3 heteroatoms. The lowest BCUT2D eigenvalue weighted by Crippen LogP contribution is -2.35. The van der Waals surface area contributed by atoms with E-state index in [2.05, 4.69) is 35.8 Å². The Morgan fingerprint density at radius 1 is 1.44 bits per heavy atom. The van der Waals surface area contributed by atoms with E-state index in [0.29, 0.717) is 0 Å². The van der Waals surface area contributed by atoms with Crippen molar-refractivity contribution in [2.45, 2.75) is 26.3 Å². The maximum atomic E-state index is 5.27. The summed E-state index contributed by atoms with van der Waals surface area (Å²) in [5.74, 6) is 1.76. The number of nitrogens with one attached hydrogen (secondary N) is 2. The number of aryl methyl sites for hydroxylation is 1. The molecular weight excluding hydrogens is 224 g/mol. The fraction of sp³-hybridized carbons (Fsp3) is 0.600. The van der Waals surface area contributed by atoms with Gasteiger partial charge in [-0.2, -0.15) is 0 Å². The lowest BCUT2D eigenvalue weighted by molar-refractivity contribution is 0.360. The van der Waals surface area contributed by atoms with Gasteiger partial charge in [0.2, 0.25) is 0 Å². The van der Waals surface area contributed by atoms with Crippen molar-refractivity contribution in [2.24, 2.45) is 5.92 Å². The van der Waals surface area contributed by atoms with Crippen molar-refractivity contribution in [3.05, 3.63) is 29.3 Å². The van der Waals surface area contributed by atoms with Gasteiger partial charge in [0.1, 0.15) is 5.75 Å². The molecule has 0 radical (unpaired) electrons. The molecule has 1 aromatic rings. The first-order valence-corrected chi connectivity index (χ1v) is 6.84. The molecule has 3 nitrogen and oxygen atoms in total. The normalized spacial score (nSPS) is 19.8. The minimum Gasteiger partial charge on any atom is -0.496 e. The van der Waals surface area contributed by atoms with Crippen LogP contribution in [0.25, 0.3) is 0 Å². The average molecular weight is 248 g/mol. The van der Waals surface area contributed by atoms with Crippen LogP contribution >= 0.6 is 0 Å². The van der Waals surface area contributed by atoms with Crippen molar-refractivity contribution in [3.8, 4) is 5.75 Å². The van der Waals surface area contributed by atoms with Crippen molar-refractivity contribution in [1.29, 1.82) is 0 Å². The van der Waals surface area contributed by atoms with Crippen molar-refractivity contribution in [1.82, 2.24) is 10.6 Å². The van der Waals surface area contributed by atoms with E-state index in [1.807, 2.05) is 0 Å². The van der Waals surface area contributed by atoms with Gasteiger partial charge in [0.25, 0.3) is 0 Å². The maximum absolute atomic E-state index is 5.27. The zero-order valence-corrected chi connectivity index (χ0v) is 11.5. The Hall–Kier alpha value is -1.06. The van der Waals surface area contributed by atoms with E-state index >= 15 is 0 Å². The van der Waals surface area contributed by atoms with Gasteiger partial charge in [-0.05, 0) is 62.5 Å². The molecule has 1 saturated heterocycles. The van der Waals surface area contributed by atoms with Crippen LogP contribution in [0.3, 0.4) is 0 Å². The van der Waals surface area contributed by atoms with Gasteiger partial charge in [-0.15, -0.1) is 0 Å². The predicted molar refractivity (Wildman–Crippen MR) is 75.0 cm³/mol. The molecule has 0 amide bonds. The minimum absolute atomic E-state index is 0.790. The van der Waals surface area contributed by atoms with Crippen LogP contribution in [-0.4, -0.2) is 26.7 Å². The summed E-state index contributed by atoms with van der Waals surface area (Å²) in [5, 5.41) is 7.01. The second-order valence-corrected chi connectivity index (χ2v) is 5.15. The highest BCUT2D eigenvalue weighted by Crippen LogP contribution is 2.18. The summed E-state index contributed by atoms with van der Waals surface area (Å²) in [6.45, 7) is 6.50. The second kappa shape index (κ2) is 6.76.